The highest BCUT2D eigenvalue weighted by Gasteiger charge is 2.18. The van der Waals surface area contributed by atoms with Crippen LogP contribution in [0.5, 0.6) is 0 Å². The van der Waals surface area contributed by atoms with E-state index in [-0.39, 0.29) is 42.4 Å². The van der Waals surface area contributed by atoms with Gasteiger partial charge in [-0.25, -0.2) is 17.2 Å². The van der Waals surface area contributed by atoms with Crippen molar-refractivity contribution in [3.05, 3.63) is 41.2 Å². The molecule has 0 radical (unpaired) electrons. The van der Waals surface area contributed by atoms with E-state index in [9.17, 15) is 22.3 Å². The highest BCUT2D eigenvalue weighted by Crippen LogP contribution is 2.24. The Bertz CT molecular complexity index is 973. The topological polar surface area (TPSA) is 117 Å². The van der Waals surface area contributed by atoms with E-state index in [2.05, 4.69) is 25.0 Å². The summed E-state index contributed by atoms with van der Waals surface area (Å²) in [5.74, 6) is -1.22. The molecule has 3 N–H and O–H groups in total. The van der Waals surface area contributed by atoms with Gasteiger partial charge in [-0.15, -0.1) is 0 Å². The Labute approximate surface area is 175 Å². The fourth-order valence-electron chi connectivity index (χ4n) is 2.99. The van der Waals surface area contributed by atoms with Crippen LogP contribution < -0.4 is 10.0 Å². The number of nitrogens with one attached hydrogen (secondary N) is 2. The largest absolute Gasteiger partial charge is 0.394 e. The molecular weight excluding hydrogens is 416 g/mol. The standard InChI is InChI=1S/C19H27F2N5O3S/c1-11(2)7-14(10-27)22-18-23-17(24-19(25-18)26-30(4,28)29)8-12(3)15-9-13(20)5-6-16(15)21/h5-6,9,11-12,14,27H,7-8,10H2,1-4H3,(H2,22,23,24,25,26)/t12-,14-/m1/s1. The second kappa shape index (κ2) is 10.1. The van der Waals surface area contributed by atoms with Crippen LogP contribution in [0.1, 0.15) is 44.5 Å². The van der Waals surface area contributed by atoms with Gasteiger partial charge < -0.3 is 10.4 Å². The molecule has 11 heteroatoms. The molecule has 2 atom stereocenters. The highest BCUT2D eigenvalue weighted by atomic mass is 32.2. The second-order valence-electron chi connectivity index (χ2n) is 7.70. The van der Waals surface area contributed by atoms with Gasteiger partial charge in [0.05, 0.1) is 18.9 Å². The van der Waals surface area contributed by atoms with Gasteiger partial charge >= 0.3 is 0 Å². The Kier molecular flexibility index (Phi) is 8.02. The molecule has 0 spiro atoms. The van der Waals surface area contributed by atoms with Crippen molar-refractivity contribution in [1.29, 1.82) is 0 Å². The average Bonchev–Trinajstić information content (AvgIpc) is 2.61. The van der Waals surface area contributed by atoms with Crippen LogP contribution in [-0.2, 0) is 16.4 Å². The van der Waals surface area contributed by atoms with Gasteiger partial charge in [-0.2, -0.15) is 15.0 Å². The summed E-state index contributed by atoms with van der Waals surface area (Å²) < 4.78 is 53.0. The molecule has 30 heavy (non-hydrogen) atoms. The van der Waals surface area contributed by atoms with E-state index in [1.807, 2.05) is 13.8 Å². The number of aliphatic hydroxyl groups is 1. The van der Waals surface area contributed by atoms with Gasteiger partial charge in [-0.05, 0) is 42.0 Å². The highest BCUT2D eigenvalue weighted by molar-refractivity contribution is 7.91. The summed E-state index contributed by atoms with van der Waals surface area (Å²) in [5.41, 5.74) is 0.163. The minimum absolute atomic E-state index is 0.0813. The normalized spacial score (nSPS) is 13.9. The predicted octanol–water partition coefficient (Wildman–Crippen LogP) is 2.69. The van der Waals surface area contributed by atoms with Gasteiger partial charge in [0.15, 0.2) is 0 Å². The average molecular weight is 444 g/mol. The van der Waals surface area contributed by atoms with Crippen molar-refractivity contribution in [2.24, 2.45) is 5.92 Å². The van der Waals surface area contributed by atoms with E-state index in [1.54, 1.807) is 6.92 Å². The third-order valence-electron chi connectivity index (χ3n) is 4.25. The monoisotopic (exact) mass is 443 g/mol. The summed E-state index contributed by atoms with van der Waals surface area (Å²) in [5, 5.41) is 12.6. The molecule has 0 saturated heterocycles. The van der Waals surface area contributed by atoms with E-state index in [0.29, 0.717) is 12.3 Å². The summed E-state index contributed by atoms with van der Waals surface area (Å²) in [7, 11) is -3.65. The molecular formula is C19H27F2N5O3S. The fraction of sp³-hybridized carbons (Fsp3) is 0.526. The minimum atomic E-state index is -3.65. The first-order valence-corrected chi connectivity index (χ1v) is 11.4. The molecule has 0 saturated carbocycles. The fourth-order valence-corrected chi connectivity index (χ4v) is 3.42. The van der Waals surface area contributed by atoms with Crippen molar-refractivity contribution in [2.45, 2.75) is 45.6 Å². The maximum Gasteiger partial charge on any atom is 0.241 e. The molecule has 1 aromatic carbocycles. The SMILES string of the molecule is CC(C)C[C@H](CO)Nc1nc(C[C@@H](C)c2cc(F)ccc2F)nc(NS(C)(=O)=O)n1. The summed E-state index contributed by atoms with van der Waals surface area (Å²) in [6.07, 6.45) is 1.71. The number of halogens is 2. The van der Waals surface area contributed by atoms with Crippen molar-refractivity contribution in [1.82, 2.24) is 15.0 Å². The molecule has 2 aromatic rings. The summed E-state index contributed by atoms with van der Waals surface area (Å²) in [6.45, 7) is 5.51. The number of aromatic nitrogens is 3. The zero-order chi connectivity index (χ0) is 22.5. The van der Waals surface area contributed by atoms with E-state index >= 15 is 0 Å². The maximum atomic E-state index is 14.1. The van der Waals surface area contributed by atoms with Crippen molar-refractivity contribution in [3.63, 3.8) is 0 Å². The van der Waals surface area contributed by atoms with Gasteiger partial charge in [0.25, 0.3) is 0 Å². The second-order valence-corrected chi connectivity index (χ2v) is 9.45. The van der Waals surface area contributed by atoms with Crippen LogP contribution in [0.3, 0.4) is 0 Å². The lowest BCUT2D eigenvalue weighted by Crippen LogP contribution is -2.27. The first-order valence-electron chi connectivity index (χ1n) is 9.52. The molecule has 8 nitrogen and oxygen atoms in total. The number of rotatable bonds is 10. The van der Waals surface area contributed by atoms with Crippen LogP contribution in [0.25, 0.3) is 0 Å². The molecule has 1 heterocycles. The third kappa shape index (κ3) is 7.45. The van der Waals surface area contributed by atoms with Crippen molar-refractivity contribution >= 4 is 21.9 Å². The quantitative estimate of drug-likeness (QED) is 0.517. The number of benzene rings is 1. The lowest BCUT2D eigenvalue weighted by atomic mass is 9.97. The van der Waals surface area contributed by atoms with Gasteiger partial charge in [0.1, 0.15) is 17.5 Å². The number of nitrogens with zero attached hydrogens (tertiary/aromatic N) is 3. The van der Waals surface area contributed by atoms with Crippen LogP contribution in [0.4, 0.5) is 20.7 Å². The molecule has 0 unspecified atom stereocenters. The molecule has 166 valence electrons. The molecule has 2 rings (SSSR count). The molecule has 1 aromatic heterocycles. The maximum absolute atomic E-state index is 14.1. The first kappa shape index (κ1) is 23.9. The van der Waals surface area contributed by atoms with Gasteiger partial charge in [0.2, 0.25) is 21.9 Å². The van der Waals surface area contributed by atoms with Gasteiger partial charge in [-0.3, -0.25) is 4.72 Å². The van der Waals surface area contributed by atoms with Crippen LogP contribution in [0, 0.1) is 17.6 Å². The minimum Gasteiger partial charge on any atom is -0.394 e. The molecule has 0 fully saturated rings. The Morgan fingerprint density at radius 3 is 2.37 bits per heavy atom. The molecule has 0 aliphatic carbocycles. The van der Waals surface area contributed by atoms with E-state index in [1.165, 1.54) is 0 Å². The van der Waals surface area contributed by atoms with E-state index < -0.39 is 27.6 Å². The number of aliphatic hydroxyl groups excluding tert-OH is 1. The Hall–Kier alpha value is -2.40. The Morgan fingerprint density at radius 2 is 1.77 bits per heavy atom. The molecule has 0 bridgehead atoms. The van der Waals surface area contributed by atoms with Crippen molar-refractivity contribution in [2.75, 3.05) is 22.9 Å². The lowest BCUT2D eigenvalue weighted by Gasteiger charge is -2.19. The summed E-state index contributed by atoms with van der Waals surface area (Å²) in [4.78, 5) is 12.4. The number of hydrogen-bond acceptors (Lipinski definition) is 7. The van der Waals surface area contributed by atoms with Crippen LogP contribution in [0.2, 0.25) is 0 Å². The van der Waals surface area contributed by atoms with E-state index in [4.69, 9.17) is 0 Å². The predicted molar refractivity (Wildman–Crippen MR) is 111 cm³/mol. The molecule has 0 amide bonds. The molecule has 0 aliphatic heterocycles. The Balaban J connectivity index is 2.34. The van der Waals surface area contributed by atoms with E-state index in [0.717, 1.165) is 24.5 Å². The van der Waals surface area contributed by atoms with Crippen LogP contribution >= 0.6 is 0 Å². The van der Waals surface area contributed by atoms with Crippen molar-refractivity contribution < 1.29 is 22.3 Å². The Morgan fingerprint density at radius 1 is 1.10 bits per heavy atom. The first-order chi connectivity index (χ1) is 14.0. The zero-order valence-electron chi connectivity index (χ0n) is 17.4. The van der Waals surface area contributed by atoms with Crippen LogP contribution in [-0.4, -0.2) is 47.4 Å². The number of anilines is 2. The van der Waals surface area contributed by atoms with Crippen molar-refractivity contribution in [3.8, 4) is 0 Å². The third-order valence-corrected chi connectivity index (χ3v) is 4.80. The zero-order valence-corrected chi connectivity index (χ0v) is 18.2. The van der Waals surface area contributed by atoms with Gasteiger partial charge in [0, 0.05) is 6.42 Å². The van der Waals surface area contributed by atoms with Crippen LogP contribution in [0.15, 0.2) is 18.2 Å². The smallest absolute Gasteiger partial charge is 0.241 e. The summed E-state index contributed by atoms with van der Waals surface area (Å²) in [6, 6.07) is 2.86. The summed E-state index contributed by atoms with van der Waals surface area (Å²) >= 11 is 0. The molecule has 0 aliphatic rings. The van der Waals surface area contributed by atoms with Gasteiger partial charge in [-0.1, -0.05) is 20.8 Å². The number of sulfonamides is 1. The number of hydrogen-bond donors (Lipinski definition) is 3. The lowest BCUT2D eigenvalue weighted by molar-refractivity contribution is 0.259.